The fraction of sp³-hybridized carbons (Fsp3) is 0.650. The molecule has 2 saturated heterocycles. The molecule has 9 heteroatoms. The molecule has 2 aromatic heterocycles. The number of nitrogens with zero attached hydrogens (tertiary/aromatic N) is 5. The summed E-state index contributed by atoms with van der Waals surface area (Å²) < 4.78 is 20.6. The fourth-order valence-electron chi connectivity index (χ4n) is 4.61. The van der Waals surface area contributed by atoms with Crippen LogP contribution in [0.3, 0.4) is 0 Å². The highest BCUT2D eigenvalue weighted by Gasteiger charge is 2.35. The summed E-state index contributed by atoms with van der Waals surface area (Å²) in [6.07, 6.45) is 4.89. The molecule has 0 bridgehead atoms. The Morgan fingerprint density at radius 3 is 2.69 bits per heavy atom. The van der Waals surface area contributed by atoms with E-state index in [-0.39, 0.29) is 5.82 Å². The number of hydrogen-bond donors (Lipinski definition) is 2. The SMILES string of the molecule is Cc1nc(Nc2cc(C3CCCC3)[nH]n2)c(F)c(N2CC(N3CCOCC3)C2)n1. The first kappa shape index (κ1) is 18.7. The minimum atomic E-state index is -0.415. The number of anilines is 3. The van der Waals surface area contributed by atoms with Gasteiger partial charge in [-0.05, 0) is 19.8 Å². The van der Waals surface area contributed by atoms with Crippen molar-refractivity contribution in [2.24, 2.45) is 0 Å². The van der Waals surface area contributed by atoms with Crippen molar-refractivity contribution < 1.29 is 9.13 Å². The first-order valence-corrected chi connectivity index (χ1v) is 10.6. The summed E-state index contributed by atoms with van der Waals surface area (Å²) >= 11 is 0. The number of aromatic amines is 1. The standard InChI is InChI=1S/C20H28FN7O/c1-13-22-19(24-17-10-16(25-26-17)14-4-2-3-5-14)18(21)20(23-13)28-11-15(12-28)27-6-8-29-9-7-27/h10,14-15H,2-9,11-12H2,1H3,(H2,22,23,24,25,26). The molecule has 3 aliphatic rings. The number of aromatic nitrogens is 4. The number of nitrogens with one attached hydrogen (secondary N) is 2. The molecule has 0 spiro atoms. The average molecular weight is 401 g/mol. The van der Waals surface area contributed by atoms with Crippen LogP contribution in [0.2, 0.25) is 0 Å². The Labute approximate surface area is 169 Å². The van der Waals surface area contributed by atoms with Crippen molar-refractivity contribution in [3.8, 4) is 0 Å². The zero-order valence-corrected chi connectivity index (χ0v) is 16.8. The lowest BCUT2D eigenvalue weighted by molar-refractivity contribution is 0.0103. The molecule has 3 fully saturated rings. The topological polar surface area (TPSA) is 82.2 Å². The van der Waals surface area contributed by atoms with E-state index in [0.717, 1.165) is 45.1 Å². The summed E-state index contributed by atoms with van der Waals surface area (Å²) in [5.41, 5.74) is 1.12. The molecular formula is C20H28FN7O. The summed E-state index contributed by atoms with van der Waals surface area (Å²) in [5, 5.41) is 10.5. The Morgan fingerprint density at radius 2 is 1.93 bits per heavy atom. The Bertz CT molecular complexity index is 855. The molecule has 5 rings (SSSR count). The fourth-order valence-corrected chi connectivity index (χ4v) is 4.61. The maximum Gasteiger partial charge on any atom is 0.208 e. The van der Waals surface area contributed by atoms with Gasteiger partial charge in [-0.1, -0.05) is 12.8 Å². The molecule has 1 aliphatic carbocycles. The van der Waals surface area contributed by atoms with Gasteiger partial charge in [0.2, 0.25) is 5.82 Å². The summed E-state index contributed by atoms with van der Waals surface area (Å²) in [7, 11) is 0. The van der Waals surface area contributed by atoms with Gasteiger partial charge >= 0.3 is 0 Å². The molecule has 0 amide bonds. The lowest BCUT2D eigenvalue weighted by Crippen LogP contribution is -2.62. The van der Waals surface area contributed by atoms with Gasteiger partial charge in [-0.25, -0.2) is 9.97 Å². The van der Waals surface area contributed by atoms with Crippen LogP contribution in [0.5, 0.6) is 0 Å². The zero-order valence-electron chi connectivity index (χ0n) is 16.8. The highest BCUT2D eigenvalue weighted by Crippen LogP contribution is 2.34. The quantitative estimate of drug-likeness (QED) is 0.797. The predicted octanol–water partition coefficient (Wildman–Crippen LogP) is 2.57. The van der Waals surface area contributed by atoms with Crippen LogP contribution in [-0.4, -0.2) is 70.5 Å². The Balaban J connectivity index is 1.28. The lowest BCUT2D eigenvalue weighted by atomic mass is 10.0. The van der Waals surface area contributed by atoms with E-state index < -0.39 is 5.82 Å². The Morgan fingerprint density at radius 1 is 1.17 bits per heavy atom. The van der Waals surface area contributed by atoms with E-state index in [0.29, 0.717) is 29.4 Å². The summed E-state index contributed by atoms with van der Waals surface area (Å²) in [4.78, 5) is 13.1. The normalized spacial score (nSPS) is 21.5. The molecule has 8 nitrogen and oxygen atoms in total. The van der Waals surface area contributed by atoms with Crippen molar-refractivity contribution in [2.45, 2.75) is 44.6 Å². The van der Waals surface area contributed by atoms with E-state index in [2.05, 4.69) is 30.4 Å². The van der Waals surface area contributed by atoms with Crippen LogP contribution in [0.4, 0.5) is 21.8 Å². The highest BCUT2D eigenvalue weighted by atomic mass is 19.1. The molecule has 4 heterocycles. The Kier molecular flexibility index (Phi) is 5.09. The second-order valence-electron chi connectivity index (χ2n) is 8.28. The van der Waals surface area contributed by atoms with Gasteiger partial charge in [0.25, 0.3) is 0 Å². The van der Waals surface area contributed by atoms with Crippen LogP contribution < -0.4 is 10.2 Å². The van der Waals surface area contributed by atoms with Crippen molar-refractivity contribution >= 4 is 17.5 Å². The van der Waals surface area contributed by atoms with Gasteiger partial charge in [-0.15, -0.1) is 0 Å². The molecular weight excluding hydrogens is 373 g/mol. The third-order valence-corrected chi connectivity index (χ3v) is 6.31. The van der Waals surface area contributed by atoms with Crippen LogP contribution in [0.25, 0.3) is 0 Å². The molecule has 0 aromatic carbocycles. The van der Waals surface area contributed by atoms with Crippen molar-refractivity contribution in [3.05, 3.63) is 23.4 Å². The molecule has 2 aliphatic heterocycles. The van der Waals surface area contributed by atoms with Crippen molar-refractivity contribution in [3.63, 3.8) is 0 Å². The molecule has 29 heavy (non-hydrogen) atoms. The molecule has 1 saturated carbocycles. The molecule has 156 valence electrons. The van der Waals surface area contributed by atoms with Crippen LogP contribution in [0.15, 0.2) is 6.07 Å². The summed E-state index contributed by atoms with van der Waals surface area (Å²) in [5.74, 6) is 1.82. The second kappa shape index (κ2) is 7.87. The van der Waals surface area contributed by atoms with Crippen molar-refractivity contribution in [1.29, 1.82) is 0 Å². The van der Waals surface area contributed by atoms with Gasteiger partial charge in [0.1, 0.15) is 5.82 Å². The number of H-pyrrole nitrogens is 1. The molecule has 2 aromatic rings. The molecule has 0 radical (unpaired) electrons. The number of aryl methyl sites for hydroxylation is 1. The average Bonchev–Trinajstić information content (AvgIpc) is 3.37. The predicted molar refractivity (Wildman–Crippen MR) is 108 cm³/mol. The van der Waals surface area contributed by atoms with Gasteiger partial charge < -0.3 is 15.0 Å². The number of morpholine rings is 1. The van der Waals surface area contributed by atoms with Gasteiger partial charge in [0.05, 0.1) is 13.2 Å². The van der Waals surface area contributed by atoms with Gasteiger partial charge in [0.15, 0.2) is 17.5 Å². The number of rotatable bonds is 5. The van der Waals surface area contributed by atoms with E-state index in [1.165, 1.54) is 25.7 Å². The van der Waals surface area contributed by atoms with Crippen LogP contribution in [0, 0.1) is 12.7 Å². The Hall–Kier alpha value is -2.26. The summed E-state index contributed by atoms with van der Waals surface area (Å²) in [6, 6.07) is 2.41. The summed E-state index contributed by atoms with van der Waals surface area (Å²) in [6.45, 7) is 6.79. The largest absolute Gasteiger partial charge is 0.379 e. The lowest BCUT2D eigenvalue weighted by Gasteiger charge is -2.47. The van der Waals surface area contributed by atoms with Crippen LogP contribution in [-0.2, 0) is 4.74 Å². The third kappa shape index (κ3) is 3.81. The molecule has 2 N–H and O–H groups in total. The maximum atomic E-state index is 15.2. The van der Waals surface area contributed by atoms with E-state index in [9.17, 15) is 0 Å². The van der Waals surface area contributed by atoms with Crippen LogP contribution in [0.1, 0.15) is 43.1 Å². The second-order valence-corrected chi connectivity index (χ2v) is 8.28. The minimum absolute atomic E-state index is 0.187. The van der Waals surface area contributed by atoms with E-state index >= 15 is 4.39 Å². The minimum Gasteiger partial charge on any atom is -0.379 e. The number of hydrogen-bond acceptors (Lipinski definition) is 7. The zero-order chi connectivity index (χ0) is 19.8. The van der Waals surface area contributed by atoms with Gasteiger partial charge in [0, 0.05) is 49.9 Å². The third-order valence-electron chi connectivity index (χ3n) is 6.31. The number of halogens is 1. The van der Waals surface area contributed by atoms with Gasteiger partial charge in [-0.3, -0.25) is 10.00 Å². The molecule has 0 unspecified atom stereocenters. The van der Waals surface area contributed by atoms with Crippen molar-refractivity contribution in [1.82, 2.24) is 25.1 Å². The monoisotopic (exact) mass is 401 g/mol. The smallest absolute Gasteiger partial charge is 0.208 e. The number of ether oxygens (including phenoxy) is 1. The van der Waals surface area contributed by atoms with Crippen LogP contribution >= 0.6 is 0 Å². The van der Waals surface area contributed by atoms with E-state index in [4.69, 9.17) is 4.74 Å². The molecule has 0 atom stereocenters. The van der Waals surface area contributed by atoms with Crippen molar-refractivity contribution in [2.75, 3.05) is 49.6 Å². The van der Waals surface area contributed by atoms with E-state index in [1.54, 1.807) is 6.92 Å². The van der Waals surface area contributed by atoms with E-state index in [1.807, 2.05) is 11.0 Å². The first-order valence-electron chi connectivity index (χ1n) is 10.6. The highest BCUT2D eigenvalue weighted by molar-refractivity contribution is 5.59. The first-order chi connectivity index (χ1) is 14.2. The van der Waals surface area contributed by atoms with Gasteiger partial charge in [-0.2, -0.15) is 9.49 Å². The maximum absolute atomic E-state index is 15.2.